The lowest BCUT2D eigenvalue weighted by molar-refractivity contribution is -0.154. The number of esters is 1. The Bertz CT molecular complexity index is 916. The van der Waals surface area contributed by atoms with Gasteiger partial charge in [-0.05, 0) is 38.3 Å². The second-order valence-electron chi connectivity index (χ2n) is 8.35. The average Bonchev–Trinajstić information content (AvgIpc) is 3.34. The van der Waals surface area contributed by atoms with E-state index in [1.807, 2.05) is 0 Å². The van der Waals surface area contributed by atoms with Crippen molar-refractivity contribution >= 4 is 51.0 Å². The molecule has 2 N–H and O–H groups in total. The van der Waals surface area contributed by atoms with Crippen molar-refractivity contribution in [1.82, 2.24) is 4.90 Å². The SMILES string of the molecule is CCOC(=O)[C@H]1[C@@H]2O[C@@]3(CC2Br)[C@@H]1C(=O)N(CCCCO)[C@@H]3C(=O)Nc1ccccc1Cl. The molecule has 3 aliphatic rings. The van der Waals surface area contributed by atoms with Gasteiger partial charge in [0.05, 0.1) is 35.3 Å². The van der Waals surface area contributed by atoms with E-state index in [1.165, 1.54) is 4.90 Å². The maximum Gasteiger partial charge on any atom is 0.312 e. The number of para-hydroxylation sites is 1. The summed E-state index contributed by atoms with van der Waals surface area (Å²) in [7, 11) is 0. The highest BCUT2D eigenvalue weighted by Gasteiger charge is 2.76. The Morgan fingerprint density at radius 1 is 1.38 bits per heavy atom. The number of aliphatic hydroxyl groups excluding tert-OH is 1. The number of hydrogen-bond acceptors (Lipinski definition) is 6. The molecule has 1 spiro atoms. The Labute approximate surface area is 199 Å². The van der Waals surface area contributed by atoms with Gasteiger partial charge in [-0.1, -0.05) is 39.7 Å². The third-order valence-electron chi connectivity index (χ3n) is 6.54. The highest BCUT2D eigenvalue weighted by atomic mass is 79.9. The van der Waals surface area contributed by atoms with Crippen molar-refractivity contribution in [2.24, 2.45) is 11.8 Å². The van der Waals surface area contributed by atoms with Gasteiger partial charge in [-0.15, -0.1) is 0 Å². The van der Waals surface area contributed by atoms with Gasteiger partial charge >= 0.3 is 5.97 Å². The molecule has 4 rings (SSSR count). The number of alkyl halides is 1. The van der Waals surface area contributed by atoms with Crippen LogP contribution in [0.4, 0.5) is 5.69 Å². The van der Waals surface area contributed by atoms with Crippen LogP contribution in [0.1, 0.15) is 26.2 Å². The fourth-order valence-electron chi connectivity index (χ4n) is 5.34. The fourth-order valence-corrected chi connectivity index (χ4v) is 6.46. The van der Waals surface area contributed by atoms with Crippen LogP contribution in [-0.2, 0) is 23.9 Å². The number of hydrogen-bond donors (Lipinski definition) is 2. The number of benzene rings is 1. The third kappa shape index (κ3) is 3.73. The quantitative estimate of drug-likeness (QED) is 0.304. The number of nitrogens with zero attached hydrogens (tertiary/aromatic N) is 1. The molecular weight excluding hydrogens is 504 g/mol. The summed E-state index contributed by atoms with van der Waals surface area (Å²) in [5.74, 6) is -2.76. The van der Waals surface area contributed by atoms with Crippen molar-refractivity contribution in [1.29, 1.82) is 0 Å². The molecule has 3 saturated heterocycles. The number of amides is 2. The number of rotatable bonds is 8. The van der Waals surface area contributed by atoms with Crippen molar-refractivity contribution in [2.75, 3.05) is 25.1 Å². The lowest BCUT2D eigenvalue weighted by atomic mass is 9.70. The molecule has 10 heteroatoms. The minimum Gasteiger partial charge on any atom is -0.466 e. The summed E-state index contributed by atoms with van der Waals surface area (Å²) < 4.78 is 11.6. The molecule has 1 aromatic rings. The Kier molecular flexibility index (Phi) is 6.81. The van der Waals surface area contributed by atoms with Crippen molar-refractivity contribution in [3.05, 3.63) is 29.3 Å². The molecular formula is C22H26BrClN2O6. The number of carbonyl (C=O) groups is 3. The molecule has 1 aromatic carbocycles. The summed E-state index contributed by atoms with van der Waals surface area (Å²) in [6, 6.07) is 5.93. The van der Waals surface area contributed by atoms with Gasteiger partial charge in [-0.2, -0.15) is 0 Å². The van der Waals surface area contributed by atoms with Gasteiger partial charge in [0.2, 0.25) is 11.8 Å². The van der Waals surface area contributed by atoms with Crippen LogP contribution >= 0.6 is 27.5 Å². The zero-order chi connectivity index (χ0) is 23.0. The number of anilines is 1. The number of likely N-dealkylation sites (tertiary alicyclic amines) is 1. The van der Waals surface area contributed by atoms with Crippen LogP contribution in [0.25, 0.3) is 0 Å². The number of unbranched alkanes of at least 4 members (excludes halogenated alkanes) is 1. The molecule has 3 heterocycles. The first-order valence-corrected chi connectivity index (χ1v) is 12.1. The number of carbonyl (C=O) groups excluding carboxylic acids is 3. The molecule has 8 nitrogen and oxygen atoms in total. The zero-order valence-corrected chi connectivity index (χ0v) is 20.0. The second kappa shape index (κ2) is 9.29. The topological polar surface area (TPSA) is 105 Å². The number of aliphatic hydroxyl groups is 1. The number of nitrogens with one attached hydrogen (secondary N) is 1. The highest BCUT2D eigenvalue weighted by molar-refractivity contribution is 9.09. The van der Waals surface area contributed by atoms with Gasteiger partial charge in [-0.25, -0.2) is 0 Å². The molecule has 32 heavy (non-hydrogen) atoms. The summed E-state index contributed by atoms with van der Waals surface area (Å²) in [4.78, 5) is 41.3. The largest absolute Gasteiger partial charge is 0.466 e. The molecule has 2 bridgehead atoms. The normalized spacial score (nSPS) is 32.8. The first kappa shape index (κ1) is 23.5. The monoisotopic (exact) mass is 528 g/mol. The lowest BCUT2D eigenvalue weighted by Crippen LogP contribution is -2.54. The molecule has 0 aliphatic carbocycles. The average molecular weight is 530 g/mol. The highest BCUT2D eigenvalue weighted by Crippen LogP contribution is 2.60. The van der Waals surface area contributed by atoms with Crippen LogP contribution < -0.4 is 5.32 Å². The first-order chi connectivity index (χ1) is 15.4. The van der Waals surface area contributed by atoms with Gasteiger partial charge in [0.1, 0.15) is 11.6 Å². The van der Waals surface area contributed by atoms with Crippen LogP contribution in [0, 0.1) is 11.8 Å². The zero-order valence-electron chi connectivity index (χ0n) is 17.6. The Hall–Kier alpha value is -1.68. The third-order valence-corrected chi connectivity index (χ3v) is 7.71. The van der Waals surface area contributed by atoms with Gasteiger partial charge in [-0.3, -0.25) is 14.4 Å². The molecule has 6 atom stereocenters. The van der Waals surface area contributed by atoms with Crippen molar-refractivity contribution in [3.8, 4) is 0 Å². The number of halogens is 2. The van der Waals surface area contributed by atoms with E-state index >= 15 is 0 Å². The second-order valence-corrected chi connectivity index (χ2v) is 9.93. The molecule has 0 aromatic heterocycles. The predicted molar refractivity (Wildman–Crippen MR) is 120 cm³/mol. The molecule has 3 fully saturated rings. The first-order valence-electron chi connectivity index (χ1n) is 10.8. The molecule has 3 aliphatic heterocycles. The number of fused-ring (bicyclic) bond motifs is 1. The van der Waals surface area contributed by atoms with E-state index in [0.717, 1.165) is 0 Å². The van der Waals surface area contributed by atoms with Crippen LogP contribution in [-0.4, -0.2) is 70.1 Å². The lowest BCUT2D eigenvalue weighted by Gasteiger charge is -2.34. The van der Waals surface area contributed by atoms with Gasteiger partial charge in [0.15, 0.2) is 0 Å². The van der Waals surface area contributed by atoms with Crippen molar-refractivity contribution in [2.45, 2.75) is 48.8 Å². The summed E-state index contributed by atoms with van der Waals surface area (Å²) in [5, 5.41) is 12.4. The fraction of sp³-hybridized carbons (Fsp3) is 0.591. The van der Waals surface area contributed by atoms with Crippen LogP contribution in [0.5, 0.6) is 0 Å². The predicted octanol–water partition coefficient (Wildman–Crippen LogP) is 2.36. The molecule has 174 valence electrons. The summed E-state index contributed by atoms with van der Waals surface area (Å²) in [6.07, 6.45) is 0.887. The van der Waals surface area contributed by atoms with Crippen molar-refractivity contribution < 1.29 is 29.0 Å². The Balaban J connectivity index is 1.70. The van der Waals surface area contributed by atoms with E-state index in [-0.39, 0.29) is 30.5 Å². The van der Waals surface area contributed by atoms with E-state index in [1.54, 1.807) is 31.2 Å². The Morgan fingerprint density at radius 3 is 2.81 bits per heavy atom. The number of ether oxygens (including phenoxy) is 2. The molecule has 0 saturated carbocycles. The van der Waals surface area contributed by atoms with Gasteiger partial charge in [0.25, 0.3) is 0 Å². The van der Waals surface area contributed by atoms with Gasteiger partial charge < -0.3 is 24.8 Å². The van der Waals surface area contributed by atoms with E-state index in [0.29, 0.717) is 30.0 Å². The smallest absolute Gasteiger partial charge is 0.312 e. The maximum atomic E-state index is 13.6. The van der Waals surface area contributed by atoms with Crippen LogP contribution in [0.3, 0.4) is 0 Å². The van der Waals surface area contributed by atoms with Crippen molar-refractivity contribution in [3.63, 3.8) is 0 Å². The minimum atomic E-state index is -1.14. The van der Waals surface area contributed by atoms with E-state index < -0.39 is 41.5 Å². The van der Waals surface area contributed by atoms with E-state index in [9.17, 15) is 19.5 Å². The minimum absolute atomic E-state index is 0.0133. The Morgan fingerprint density at radius 2 is 2.12 bits per heavy atom. The summed E-state index contributed by atoms with van der Waals surface area (Å²) in [6.45, 7) is 2.17. The van der Waals surface area contributed by atoms with Gasteiger partial charge in [0, 0.05) is 18.0 Å². The molecule has 0 radical (unpaired) electrons. The van der Waals surface area contributed by atoms with Crippen LogP contribution in [0.2, 0.25) is 5.02 Å². The molecule has 2 amide bonds. The maximum absolute atomic E-state index is 13.6. The molecule has 1 unspecified atom stereocenters. The summed E-state index contributed by atoms with van der Waals surface area (Å²) in [5.41, 5.74) is -0.704. The van der Waals surface area contributed by atoms with E-state index in [4.69, 9.17) is 21.1 Å². The van der Waals surface area contributed by atoms with Crippen LogP contribution in [0.15, 0.2) is 24.3 Å². The summed E-state index contributed by atoms with van der Waals surface area (Å²) >= 11 is 9.83. The standard InChI is InChI=1S/C22H26BrClN2O6/c1-2-31-21(30)15-16-20(29)26(9-5-6-10-27)18(22(16)11-12(23)17(15)32-22)19(28)25-14-8-4-3-7-13(14)24/h3-4,7-8,12,15-18,27H,2,5-6,9-11H2,1H3,(H,25,28)/t12?,15-,16+,17-,18-,22+/m1/s1. The van der Waals surface area contributed by atoms with E-state index in [2.05, 4.69) is 21.2 Å².